The Morgan fingerprint density at radius 1 is 1.03 bits per heavy atom. The van der Waals surface area contributed by atoms with Gasteiger partial charge in [-0.3, -0.25) is 4.79 Å². The summed E-state index contributed by atoms with van der Waals surface area (Å²) in [5.74, 6) is 2.09. The lowest BCUT2D eigenvalue weighted by molar-refractivity contribution is -0.127. The van der Waals surface area contributed by atoms with Crippen LogP contribution in [0.2, 0.25) is 0 Å². The Morgan fingerprint density at radius 3 is 2.39 bits per heavy atom. The van der Waals surface area contributed by atoms with Gasteiger partial charge in [0.05, 0.1) is 27.5 Å². The van der Waals surface area contributed by atoms with E-state index < -0.39 is 0 Å². The molecule has 172 valence electrons. The number of carbonyl (C=O) groups excluding carboxylic acids is 1. The monoisotopic (exact) mass is 449 g/mol. The van der Waals surface area contributed by atoms with Crippen molar-refractivity contribution < 1.29 is 23.7 Å². The SMILES string of the molecule is COc1cc(/C=C/C(=O)N2CCC(Oc3nncc4ccccc34)CC2)cc(OC)c1OC. The molecule has 0 bridgehead atoms. The minimum Gasteiger partial charge on any atom is -0.493 e. The maximum absolute atomic E-state index is 12.7. The smallest absolute Gasteiger partial charge is 0.246 e. The minimum atomic E-state index is -0.0489. The Kier molecular flexibility index (Phi) is 6.92. The molecule has 0 unspecified atom stereocenters. The van der Waals surface area contributed by atoms with Crippen LogP contribution in [0.1, 0.15) is 18.4 Å². The molecule has 1 aliphatic heterocycles. The minimum absolute atomic E-state index is 0.00625. The quantitative estimate of drug-likeness (QED) is 0.508. The molecule has 4 rings (SSSR count). The van der Waals surface area contributed by atoms with E-state index in [1.54, 1.807) is 51.8 Å². The van der Waals surface area contributed by atoms with Crippen molar-refractivity contribution in [3.8, 4) is 23.1 Å². The maximum Gasteiger partial charge on any atom is 0.246 e. The molecular weight excluding hydrogens is 422 g/mol. The summed E-state index contributed by atoms with van der Waals surface area (Å²) in [6.45, 7) is 1.22. The molecule has 33 heavy (non-hydrogen) atoms. The first-order valence-electron chi connectivity index (χ1n) is 10.8. The van der Waals surface area contributed by atoms with Crippen LogP contribution in [0.4, 0.5) is 0 Å². The number of piperidine rings is 1. The van der Waals surface area contributed by atoms with E-state index in [2.05, 4.69) is 10.2 Å². The Bertz CT molecular complexity index is 1130. The number of methoxy groups -OCH3 is 3. The van der Waals surface area contributed by atoms with Gasteiger partial charge in [-0.1, -0.05) is 18.2 Å². The third-order valence-electron chi connectivity index (χ3n) is 5.67. The van der Waals surface area contributed by atoms with Gasteiger partial charge in [-0.05, 0) is 29.8 Å². The van der Waals surface area contributed by atoms with E-state index in [1.165, 1.54) is 0 Å². The van der Waals surface area contributed by atoms with Crippen LogP contribution < -0.4 is 18.9 Å². The Morgan fingerprint density at radius 2 is 1.73 bits per heavy atom. The fraction of sp³-hybridized carbons (Fsp3) is 0.320. The summed E-state index contributed by atoms with van der Waals surface area (Å²) < 4.78 is 22.2. The molecule has 1 aliphatic rings. The predicted molar refractivity (Wildman–Crippen MR) is 125 cm³/mol. The Hall–Kier alpha value is -3.81. The lowest BCUT2D eigenvalue weighted by atomic mass is 10.1. The molecule has 1 amide bonds. The first kappa shape index (κ1) is 22.4. The van der Waals surface area contributed by atoms with Gasteiger partial charge in [0.25, 0.3) is 0 Å². The molecule has 0 aliphatic carbocycles. The average molecular weight is 450 g/mol. The van der Waals surface area contributed by atoms with Gasteiger partial charge < -0.3 is 23.8 Å². The number of hydrogen-bond donors (Lipinski definition) is 0. The highest BCUT2D eigenvalue weighted by atomic mass is 16.5. The third kappa shape index (κ3) is 5.00. The number of hydrogen-bond acceptors (Lipinski definition) is 7. The first-order chi connectivity index (χ1) is 16.1. The van der Waals surface area contributed by atoms with Gasteiger partial charge in [0, 0.05) is 42.8 Å². The molecule has 8 nitrogen and oxygen atoms in total. The van der Waals surface area contributed by atoms with Crippen molar-refractivity contribution in [2.24, 2.45) is 0 Å². The topological polar surface area (TPSA) is 83.0 Å². The van der Waals surface area contributed by atoms with Crippen molar-refractivity contribution in [2.45, 2.75) is 18.9 Å². The van der Waals surface area contributed by atoms with Gasteiger partial charge in [0.2, 0.25) is 17.5 Å². The van der Waals surface area contributed by atoms with E-state index in [-0.39, 0.29) is 12.0 Å². The van der Waals surface area contributed by atoms with Crippen molar-refractivity contribution in [1.82, 2.24) is 15.1 Å². The summed E-state index contributed by atoms with van der Waals surface area (Å²) in [6.07, 6.45) is 6.50. The van der Waals surface area contributed by atoms with Gasteiger partial charge in [-0.25, -0.2) is 0 Å². The van der Waals surface area contributed by atoms with Gasteiger partial charge in [0.15, 0.2) is 11.5 Å². The van der Waals surface area contributed by atoms with Gasteiger partial charge in [0.1, 0.15) is 6.10 Å². The number of amides is 1. The summed E-state index contributed by atoms with van der Waals surface area (Å²) in [7, 11) is 4.68. The summed E-state index contributed by atoms with van der Waals surface area (Å²) in [6, 6.07) is 11.5. The summed E-state index contributed by atoms with van der Waals surface area (Å²) >= 11 is 0. The van der Waals surface area contributed by atoms with Crippen LogP contribution in [-0.4, -0.2) is 61.5 Å². The average Bonchev–Trinajstić information content (AvgIpc) is 2.87. The number of aromatic nitrogens is 2. The largest absolute Gasteiger partial charge is 0.493 e. The van der Waals surface area contributed by atoms with E-state index in [4.69, 9.17) is 18.9 Å². The van der Waals surface area contributed by atoms with Crippen molar-refractivity contribution in [3.05, 3.63) is 54.2 Å². The molecule has 0 N–H and O–H groups in total. The van der Waals surface area contributed by atoms with E-state index in [0.29, 0.717) is 36.2 Å². The predicted octanol–water partition coefficient (Wildman–Crippen LogP) is 3.74. The van der Waals surface area contributed by atoms with E-state index in [1.807, 2.05) is 29.2 Å². The molecule has 1 aromatic heterocycles. The normalized spacial score (nSPS) is 14.5. The van der Waals surface area contributed by atoms with Crippen LogP contribution in [0.15, 0.2) is 48.7 Å². The van der Waals surface area contributed by atoms with Crippen LogP contribution in [-0.2, 0) is 4.79 Å². The van der Waals surface area contributed by atoms with Crippen molar-refractivity contribution in [1.29, 1.82) is 0 Å². The molecule has 1 fully saturated rings. The number of ether oxygens (including phenoxy) is 4. The second-order valence-corrected chi connectivity index (χ2v) is 7.67. The van der Waals surface area contributed by atoms with Gasteiger partial charge in [-0.2, -0.15) is 5.10 Å². The number of benzene rings is 2. The molecule has 2 aromatic carbocycles. The maximum atomic E-state index is 12.7. The zero-order valence-corrected chi connectivity index (χ0v) is 19.0. The molecule has 0 atom stereocenters. The summed E-state index contributed by atoms with van der Waals surface area (Å²) in [4.78, 5) is 14.6. The van der Waals surface area contributed by atoms with Crippen LogP contribution >= 0.6 is 0 Å². The second kappa shape index (κ2) is 10.2. The standard InChI is InChI=1S/C25H27N3O5/c1-30-21-14-17(15-22(31-2)24(21)32-3)8-9-23(29)28-12-10-19(11-13-28)33-25-20-7-5-4-6-18(20)16-26-27-25/h4-9,14-16,19H,10-13H2,1-3H3/b9-8+. The second-order valence-electron chi connectivity index (χ2n) is 7.67. The zero-order valence-electron chi connectivity index (χ0n) is 19.0. The van der Waals surface area contributed by atoms with Crippen LogP contribution in [0.5, 0.6) is 23.1 Å². The molecule has 0 saturated carbocycles. The number of rotatable bonds is 7. The molecule has 3 aromatic rings. The van der Waals surface area contributed by atoms with E-state index in [0.717, 1.165) is 29.2 Å². The lowest BCUT2D eigenvalue weighted by Gasteiger charge is -2.31. The Balaban J connectivity index is 1.37. The third-order valence-corrected chi connectivity index (χ3v) is 5.67. The molecular formula is C25H27N3O5. The molecule has 2 heterocycles. The first-order valence-corrected chi connectivity index (χ1v) is 10.8. The fourth-order valence-corrected chi connectivity index (χ4v) is 3.91. The van der Waals surface area contributed by atoms with Crippen LogP contribution in [0.3, 0.4) is 0 Å². The van der Waals surface area contributed by atoms with Crippen LogP contribution in [0.25, 0.3) is 16.8 Å². The fourth-order valence-electron chi connectivity index (χ4n) is 3.91. The van der Waals surface area contributed by atoms with Gasteiger partial charge >= 0.3 is 0 Å². The number of carbonyl (C=O) groups is 1. The highest BCUT2D eigenvalue weighted by Crippen LogP contribution is 2.38. The van der Waals surface area contributed by atoms with E-state index >= 15 is 0 Å². The molecule has 8 heteroatoms. The van der Waals surface area contributed by atoms with E-state index in [9.17, 15) is 4.79 Å². The lowest BCUT2D eigenvalue weighted by Crippen LogP contribution is -2.41. The highest BCUT2D eigenvalue weighted by molar-refractivity contribution is 5.92. The van der Waals surface area contributed by atoms with Crippen molar-refractivity contribution in [3.63, 3.8) is 0 Å². The molecule has 0 spiro atoms. The number of fused-ring (bicyclic) bond motifs is 1. The van der Waals surface area contributed by atoms with Gasteiger partial charge in [-0.15, -0.1) is 5.10 Å². The molecule has 0 radical (unpaired) electrons. The van der Waals surface area contributed by atoms with Crippen LogP contribution in [0, 0.1) is 0 Å². The number of likely N-dealkylation sites (tertiary alicyclic amines) is 1. The summed E-state index contributed by atoms with van der Waals surface area (Å²) in [5.41, 5.74) is 0.783. The molecule has 1 saturated heterocycles. The number of nitrogens with zero attached hydrogens (tertiary/aromatic N) is 3. The van der Waals surface area contributed by atoms with Crippen molar-refractivity contribution in [2.75, 3.05) is 34.4 Å². The summed E-state index contributed by atoms with van der Waals surface area (Å²) in [5, 5.41) is 10.1. The zero-order chi connectivity index (χ0) is 23.2. The highest BCUT2D eigenvalue weighted by Gasteiger charge is 2.24. The Labute approximate surface area is 192 Å². The van der Waals surface area contributed by atoms with Crippen molar-refractivity contribution >= 4 is 22.8 Å².